The molecule has 26 heavy (non-hydrogen) atoms. The zero-order valence-electron chi connectivity index (χ0n) is 15.3. The van der Waals surface area contributed by atoms with E-state index in [1.165, 1.54) is 7.11 Å². The number of rotatable bonds is 5. The van der Waals surface area contributed by atoms with E-state index in [-0.39, 0.29) is 24.8 Å². The molecule has 1 aliphatic rings. The first kappa shape index (κ1) is 18.1. The summed E-state index contributed by atoms with van der Waals surface area (Å²) in [6, 6.07) is 7.95. The smallest absolute Gasteiger partial charge is 0.359 e. The number of amides is 1. The van der Waals surface area contributed by atoms with Crippen molar-refractivity contribution in [3.63, 3.8) is 0 Å². The lowest BCUT2D eigenvalue weighted by Gasteiger charge is -2.27. The van der Waals surface area contributed by atoms with Crippen LogP contribution in [0.4, 0.5) is 0 Å². The quantitative estimate of drug-likeness (QED) is 0.764. The fraction of sp³-hybridized carbons (Fsp3) is 0.421. The Bertz CT molecular complexity index is 811. The highest BCUT2D eigenvalue weighted by Crippen LogP contribution is 2.26. The maximum absolute atomic E-state index is 12.4. The molecule has 138 valence electrons. The Morgan fingerprint density at radius 1 is 1.23 bits per heavy atom. The first-order valence-corrected chi connectivity index (χ1v) is 8.66. The number of aryl methyl sites for hydroxylation is 1. The lowest BCUT2D eigenvalue weighted by atomic mass is 10.0. The number of carbonyl (C=O) groups excluding carboxylic acids is 2. The van der Waals surface area contributed by atoms with E-state index in [9.17, 15) is 9.59 Å². The Labute approximate surface area is 152 Å². The Morgan fingerprint density at radius 2 is 1.96 bits per heavy atom. The second-order valence-electron chi connectivity index (χ2n) is 6.24. The van der Waals surface area contributed by atoms with Crippen LogP contribution in [0, 0.1) is 6.92 Å². The van der Waals surface area contributed by atoms with Crippen LogP contribution in [0.3, 0.4) is 0 Å². The van der Waals surface area contributed by atoms with Crippen molar-refractivity contribution < 1.29 is 19.1 Å². The van der Waals surface area contributed by atoms with Gasteiger partial charge >= 0.3 is 5.97 Å². The van der Waals surface area contributed by atoms with Crippen LogP contribution in [0.25, 0.3) is 5.69 Å². The molecule has 1 aromatic heterocycles. The molecular weight excluding hydrogens is 334 g/mol. The van der Waals surface area contributed by atoms with Crippen LogP contribution in [0.1, 0.15) is 34.2 Å². The second-order valence-corrected chi connectivity index (χ2v) is 6.24. The van der Waals surface area contributed by atoms with Crippen molar-refractivity contribution in [3.05, 3.63) is 46.8 Å². The van der Waals surface area contributed by atoms with Crippen molar-refractivity contribution >= 4 is 11.9 Å². The summed E-state index contributed by atoms with van der Waals surface area (Å²) in [5, 5.41) is 4.52. The topological polar surface area (TPSA) is 73.7 Å². The van der Waals surface area contributed by atoms with Gasteiger partial charge in [0, 0.05) is 32.2 Å². The Morgan fingerprint density at radius 3 is 2.62 bits per heavy atom. The maximum Gasteiger partial charge on any atom is 0.359 e. The molecule has 2 heterocycles. The SMILES string of the molecule is CCOC(=O)c1nn(-c2ccc(C)cc2)c2c1CN(C(=O)COC)CC2. The zero-order chi connectivity index (χ0) is 18.7. The predicted molar refractivity (Wildman–Crippen MR) is 95.3 cm³/mol. The minimum atomic E-state index is -0.462. The maximum atomic E-state index is 12.4. The molecule has 0 aliphatic carbocycles. The molecule has 1 aromatic carbocycles. The Hall–Kier alpha value is -2.67. The molecule has 0 fully saturated rings. The van der Waals surface area contributed by atoms with Crippen LogP contribution >= 0.6 is 0 Å². The molecule has 1 amide bonds. The molecule has 7 nitrogen and oxygen atoms in total. The summed E-state index contributed by atoms with van der Waals surface area (Å²) in [5.41, 5.74) is 4.01. The highest BCUT2D eigenvalue weighted by Gasteiger charge is 2.31. The van der Waals surface area contributed by atoms with E-state index in [1.807, 2.05) is 31.2 Å². The first-order chi connectivity index (χ1) is 12.5. The van der Waals surface area contributed by atoms with Gasteiger partial charge in [-0.1, -0.05) is 17.7 Å². The molecule has 2 aromatic rings. The molecule has 0 saturated carbocycles. The van der Waals surface area contributed by atoms with Crippen LogP contribution < -0.4 is 0 Å². The van der Waals surface area contributed by atoms with E-state index in [4.69, 9.17) is 9.47 Å². The summed E-state index contributed by atoms with van der Waals surface area (Å²) in [6.45, 7) is 4.97. The van der Waals surface area contributed by atoms with Crippen molar-refractivity contribution in [1.29, 1.82) is 0 Å². The fourth-order valence-electron chi connectivity index (χ4n) is 3.11. The van der Waals surface area contributed by atoms with Gasteiger partial charge in [0.2, 0.25) is 5.91 Å². The number of hydrogen-bond acceptors (Lipinski definition) is 5. The number of aromatic nitrogens is 2. The van der Waals surface area contributed by atoms with Gasteiger partial charge in [-0.2, -0.15) is 5.10 Å². The summed E-state index contributed by atoms with van der Waals surface area (Å²) < 4.78 is 11.9. The van der Waals surface area contributed by atoms with E-state index < -0.39 is 5.97 Å². The van der Waals surface area contributed by atoms with Crippen molar-refractivity contribution in [3.8, 4) is 5.69 Å². The minimum Gasteiger partial charge on any atom is -0.461 e. The number of nitrogens with zero attached hydrogens (tertiary/aromatic N) is 3. The first-order valence-electron chi connectivity index (χ1n) is 8.66. The van der Waals surface area contributed by atoms with Crippen molar-refractivity contribution in [2.24, 2.45) is 0 Å². The molecule has 1 aliphatic heterocycles. The van der Waals surface area contributed by atoms with Crippen molar-refractivity contribution in [2.45, 2.75) is 26.8 Å². The van der Waals surface area contributed by atoms with Gasteiger partial charge in [-0.25, -0.2) is 9.48 Å². The van der Waals surface area contributed by atoms with Gasteiger partial charge < -0.3 is 14.4 Å². The van der Waals surface area contributed by atoms with Gasteiger partial charge in [-0.3, -0.25) is 4.79 Å². The standard InChI is InChI=1S/C19H23N3O4/c1-4-26-19(24)18-15-11-21(17(23)12-25-3)10-9-16(15)22(20-18)14-7-5-13(2)6-8-14/h5-8H,4,9-12H2,1-3H3. The van der Waals surface area contributed by atoms with E-state index in [2.05, 4.69) is 5.10 Å². The third kappa shape index (κ3) is 3.48. The third-order valence-corrected chi connectivity index (χ3v) is 4.43. The largest absolute Gasteiger partial charge is 0.461 e. The van der Waals surface area contributed by atoms with Crippen LogP contribution in [0.2, 0.25) is 0 Å². The van der Waals surface area contributed by atoms with Crippen LogP contribution in [0.5, 0.6) is 0 Å². The highest BCUT2D eigenvalue weighted by atomic mass is 16.5. The van der Waals surface area contributed by atoms with Crippen LogP contribution in [-0.2, 0) is 27.2 Å². The summed E-state index contributed by atoms with van der Waals surface area (Å²) >= 11 is 0. The summed E-state index contributed by atoms with van der Waals surface area (Å²) in [6.07, 6.45) is 0.616. The number of hydrogen-bond donors (Lipinski definition) is 0. The molecule has 0 radical (unpaired) electrons. The van der Waals surface area contributed by atoms with Gasteiger partial charge in [-0.15, -0.1) is 0 Å². The summed E-state index contributed by atoms with van der Waals surface area (Å²) in [7, 11) is 1.49. The van der Waals surface area contributed by atoms with Crippen LogP contribution in [0.15, 0.2) is 24.3 Å². The molecule has 0 bridgehead atoms. The third-order valence-electron chi connectivity index (χ3n) is 4.43. The molecule has 0 unspecified atom stereocenters. The summed E-state index contributed by atoms with van der Waals surface area (Å²) in [5.74, 6) is -0.563. The zero-order valence-corrected chi connectivity index (χ0v) is 15.3. The number of fused-ring (bicyclic) bond motifs is 1. The van der Waals surface area contributed by atoms with Gasteiger partial charge in [0.05, 0.1) is 18.0 Å². The molecule has 3 rings (SSSR count). The average molecular weight is 357 g/mol. The normalized spacial score (nSPS) is 13.4. The highest BCUT2D eigenvalue weighted by molar-refractivity contribution is 5.90. The van der Waals surface area contributed by atoms with Gasteiger partial charge in [0.15, 0.2) is 5.69 Å². The van der Waals surface area contributed by atoms with Gasteiger partial charge in [-0.05, 0) is 26.0 Å². The van der Waals surface area contributed by atoms with Gasteiger partial charge in [0.1, 0.15) is 6.61 Å². The van der Waals surface area contributed by atoms with Crippen LogP contribution in [-0.4, -0.2) is 53.4 Å². The van der Waals surface area contributed by atoms with Crippen molar-refractivity contribution in [2.75, 3.05) is 26.9 Å². The number of ether oxygens (including phenoxy) is 2. The fourth-order valence-corrected chi connectivity index (χ4v) is 3.11. The Kier molecular flexibility index (Phi) is 5.37. The monoisotopic (exact) mass is 357 g/mol. The molecular formula is C19H23N3O4. The Balaban J connectivity index is 2.01. The molecule has 0 atom stereocenters. The molecule has 0 spiro atoms. The van der Waals surface area contributed by atoms with Gasteiger partial charge in [0.25, 0.3) is 0 Å². The van der Waals surface area contributed by atoms with E-state index in [0.29, 0.717) is 19.5 Å². The molecule has 0 N–H and O–H groups in total. The van der Waals surface area contributed by atoms with E-state index in [1.54, 1.807) is 16.5 Å². The van der Waals surface area contributed by atoms with Crippen molar-refractivity contribution in [1.82, 2.24) is 14.7 Å². The number of esters is 1. The number of carbonyl (C=O) groups is 2. The predicted octanol–water partition coefficient (Wildman–Crippen LogP) is 1.89. The average Bonchev–Trinajstić information content (AvgIpc) is 3.02. The second kappa shape index (κ2) is 7.70. The molecule has 7 heteroatoms. The minimum absolute atomic E-state index is 0.0240. The number of benzene rings is 1. The van der Waals surface area contributed by atoms with E-state index >= 15 is 0 Å². The number of methoxy groups -OCH3 is 1. The lowest BCUT2D eigenvalue weighted by Crippen LogP contribution is -2.38. The lowest BCUT2D eigenvalue weighted by molar-refractivity contribution is -0.136. The molecule has 0 saturated heterocycles. The summed E-state index contributed by atoms with van der Waals surface area (Å²) in [4.78, 5) is 26.3. The van der Waals surface area contributed by atoms with E-state index in [0.717, 1.165) is 22.5 Å².